The molecular weight excluding hydrogens is 470 g/mol. The summed E-state index contributed by atoms with van der Waals surface area (Å²) in [4.78, 5) is 44.4. The van der Waals surface area contributed by atoms with Gasteiger partial charge in [-0.05, 0) is 36.6 Å². The first-order valence-electron chi connectivity index (χ1n) is 12.6. The number of piperidine rings is 1. The molecule has 1 aromatic heterocycles. The van der Waals surface area contributed by atoms with Gasteiger partial charge in [-0.15, -0.1) is 0 Å². The lowest BCUT2D eigenvalue weighted by Crippen LogP contribution is -2.42. The number of aliphatic hydroxyl groups excluding tert-OH is 1. The topological polar surface area (TPSA) is 99.0 Å². The molecule has 9 heteroatoms. The van der Waals surface area contributed by atoms with E-state index in [0.717, 1.165) is 11.3 Å². The standard InChI is InChI=1S/C28H31N5O4/c1-30(19-24(34)20-7-3-2-4-8-20)26(35)21-11-15-31(16-12-21)23-10-5-9-22-25(23)28(37)33(27(22)36)18-17-32-14-6-13-29-32/h2-10,13-14,21,24,34H,11-12,15-19H2,1H3/t24-/m1/s1. The first-order valence-corrected chi connectivity index (χ1v) is 12.6. The summed E-state index contributed by atoms with van der Waals surface area (Å²) in [6.45, 7) is 2.15. The number of fused-ring (bicyclic) bond motifs is 1. The van der Waals surface area contributed by atoms with Crippen molar-refractivity contribution in [1.82, 2.24) is 19.6 Å². The van der Waals surface area contributed by atoms with Crippen molar-refractivity contribution in [3.05, 3.63) is 83.7 Å². The molecule has 3 aromatic rings. The lowest BCUT2D eigenvalue weighted by atomic mass is 9.94. The molecule has 2 aromatic carbocycles. The molecule has 2 aliphatic heterocycles. The van der Waals surface area contributed by atoms with Crippen LogP contribution in [-0.4, -0.2) is 75.6 Å². The maximum Gasteiger partial charge on any atom is 0.263 e. The number of imide groups is 1. The van der Waals surface area contributed by atoms with Gasteiger partial charge in [0.1, 0.15) is 0 Å². The summed E-state index contributed by atoms with van der Waals surface area (Å²) in [6, 6.07) is 16.5. The van der Waals surface area contributed by atoms with Crippen LogP contribution < -0.4 is 4.90 Å². The smallest absolute Gasteiger partial charge is 0.263 e. The number of carbonyl (C=O) groups is 3. The minimum atomic E-state index is -0.734. The number of hydrogen-bond donors (Lipinski definition) is 1. The Morgan fingerprint density at radius 3 is 2.49 bits per heavy atom. The number of aliphatic hydroxyl groups is 1. The maximum absolute atomic E-state index is 13.3. The second-order valence-electron chi connectivity index (χ2n) is 9.64. The summed E-state index contributed by atoms with van der Waals surface area (Å²) in [5.74, 6) is -0.693. The van der Waals surface area contributed by atoms with Gasteiger partial charge in [-0.1, -0.05) is 36.4 Å². The van der Waals surface area contributed by atoms with E-state index in [1.807, 2.05) is 42.5 Å². The number of likely N-dealkylation sites (N-methyl/N-ethyl adjacent to an activating group) is 1. The number of rotatable bonds is 8. The van der Waals surface area contributed by atoms with E-state index in [2.05, 4.69) is 10.00 Å². The summed E-state index contributed by atoms with van der Waals surface area (Å²) >= 11 is 0. The molecule has 1 fully saturated rings. The van der Waals surface area contributed by atoms with E-state index in [1.54, 1.807) is 41.2 Å². The Labute approximate surface area is 215 Å². The maximum atomic E-state index is 13.3. The van der Waals surface area contributed by atoms with Crippen LogP contribution in [0.15, 0.2) is 67.0 Å². The van der Waals surface area contributed by atoms with Gasteiger partial charge in [-0.2, -0.15) is 5.10 Å². The summed E-state index contributed by atoms with van der Waals surface area (Å²) in [5, 5.41) is 14.7. The monoisotopic (exact) mass is 501 g/mol. The molecule has 1 saturated heterocycles. The van der Waals surface area contributed by atoms with Gasteiger partial charge in [0.15, 0.2) is 0 Å². The molecule has 9 nitrogen and oxygen atoms in total. The average Bonchev–Trinajstić information content (AvgIpc) is 3.54. The number of hydrogen-bond acceptors (Lipinski definition) is 6. The van der Waals surface area contributed by atoms with Gasteiger partial charge < -0.3 is 14.9 Å². The van der Waals surface area contributed by atoms with Crippen LogP contribution in [0, 0.1) is 5.92 Å². The van der Waals surface area contributed by atoms with Crippen molar-refractivity contribution in [2.24, 2.45) is 5.92 Å². The van der Waals surface area contributed by atoms with E-state index in [4.69, 9.17) is 0 Å². The molecule has 1 atom stereocenters. The van der Waals surface area contributed by atoms with Gasteiger partial charge in [0.05, 0.1) is 36.0 Å². The van der Waals surface area contributed by atoms with E-state index >= 15 is 0 Å². The van der Waals surface area contributed by atoms with Gasteiger partial charge in [-0.25, -0.2) is 0 Å². The molecule has 0 saturated carbocycles. The van der Waals surface area contributed by atoms with Crippen molar-refractivity contribution >= 4 is 23.4 Å². The zero-order valence-electron chi connectivity index (χ0n) is 20.9. The van der Waals surface area contributed by atoms with Gasteiger partial charge in [0.25, 0.3) is 11.8 Å². The lowest BCUT2D eigenvalue weighted by molar-refractivity contribution is -0.136. The van der Waals surface area contributed by atoms with Crippen molar-refractivity contribution in [3.63, 3.8) is 0 Å². The highest BCUT2D eigenvalue weighted by molar-refractivity contribution is 6.23. The number of aromatic nitrogens is 2. The number of benzene rings is 2. The Morgan fingerprint density at radius 2 is 1.78 bits per heavy atom. The number of amides is 3. The number of anilines is 1. The van der Waals surface area contributed by atoms with Crippen molar-refractivity contribution in [2.45, 2.75) is 25.5 Å². The first kappa shape index (κ1) is 24.7. The third kappa shape index (κ3) is 4.99. The van der Waals surface area contributed by atoms with Crippen LogP contribution in [0.3, 0.4) is 0 Å². The zero-order chi connectivity index (χ0) is 25.9. The van der Waals surface area contributed by atoms with Crippen molar-refractivity contribution in [2.75, 3.05) is 38.1 Å². The van der Waals surface area contributed by atoms with Crippen molar-refractivity contribution in [3.8, 4) is 0 Å². The third-order valence-corrected chi connectivity index (χ3v) is 7.28. The Kier molecular flexibility index (Phi) is 7.05. The second-order valence-corrected chi connectivity index (χ2v) is 9.64. The Bertz CT molecular complexity index is 1270. The second kappa shape index (κ2) is 10.6. The van der Waals surface area contributed by atoms with Crippen molar-refractivity contribution in [1.29, 1.82) is 0 Å². The van der Waals surface area contributed by atoms with E-state index in [-0.39, 0.29) is 36.7 Å². The summed E-state index contributed by atoms with van der Waals surface area (Å²) < 4.78 is 1.70. The minimum absolute atomic E-state index is 0.0176. The normalized spacial score (nSPS) is 16.7. The molecule has 2 aliphatic rings. The van der Waals surface area contributed by atoms with Crippen LogP contribution in [0.5, 0.6) is 0 Å². The summed E-state index contributed by atoms with van der Waals surface area (Å²) in [5.41, 5.74) is 2.40. The Hall–Kier alpha value is -3.98. The predicted octanol–water partition coefficient (Wildman–Crippen LogP) is 2.59. The fourth-order valence-corrected chi connectivity index (χ4v) is 5.23. The van der Waals surface area contributed by atoms with Gasteiger partial charge >= 0.3 is 0 Å². The fourth-order valence-electron chi connectivity index (χ4n) is 5.23. The van der Waals surface area contributed by atoms with Crippen LogP contribution >= 0.6 is 0 Å². The molecule has 0 aliphatic carbocycles. The first-order chi connectivity index (χ1) is 17.9. The van der Waals surface area contributed by atoms with Crippen LogP contribution in [0.4, 0.5) is 5.69 Å². The molecular formula is C28H31N5O4. The highest BCUT2D eigenvalue weighted by Gasteiger charge is 2.39. The predicted molar refractivity (Wildman–Crippen MR) is 138 cm³/mol. The number of carbonyl (C=O) groups excluding carboxylic acids is 3. The minimum Gasteiger partial charge on any atom is -0.387 e. The molecule has 3 heterocycles. The molecule has 5 rings (SSSR count). The Morgan fingerprint density at radius 1 is 1.03 bits per heavy atom. The van der Waals surface area contributed by atoms with Crippen LogP contribution in [0.1, 0.15) is 45.2 Å². The lowest BCUT2D eigenvalue weighted by Gasteiger charge is -2.35. The molecule has 3 amide bonds. The van der Waals surface area contributed by atoms with Crippen LogP contribution in [0.25, 0.3) is 0 Å². The molecule has 1 N–H and O–H groups in total. The van der Waals surface area contributed by atoms with Crippen LogP contribution in [0.2, 0.25) is 0 Å². The molecule has 192 valence electrons. The van der Waals surface area contributed by atoms with Gasteiger partial charge in [0.2, 0.25) is 5.91 Å². The quantitative estimate of drug-likeness (QED) is 0.477. The van der Waals surface area contributed by atoms with E-state index in [1.165, 1.54) is 4.90 Å². The molecule has 0 bridgehead atoms. The third-order valence-electron chi connectivity index (χ3n) is 7.28. The SMILES string of the molecule is CN(C[C@@H](O)c1ccccc1)C(=O)C1CCN(c2cccc3c2C(=O)N(CCn2cccn2)C3=O)CC1. The van der Waals surface area contributed by atoms with Crippen molar-refractivity contribution < 1.29 is 19.5 Å². The van der Waals surface area contributed by atoms with E-state index in [0.29, 0.717) is 43.6 Å². The van der Waals surface area contributed by atoms with E-state index < -0.39 is 6.10 Å². The highest BCUT2D eigenvalue weighted by Crippen LogP contribution is 2.34. The molecule has 0 radical (unpaired) electrons. The van der Waals surface area contributed by atoms with Gasteiger partial charge in [-0.3, -0.25) is 24.0 Å². The Balaban J connectivity index is 1.21. The summed E-state index contributed by atoms with van der Waals surface area (Å²) in [6.07, 6.45) is 4.01. The largest absolute Gasteiger partial charge is 0.387 e. The zero-order valence-corrected chi connectivity index (χ0v) is 20.9. The molecule has 0 spiro atoms. The van der Waals surface area contributed by atoms with E-state index in [9.17, 15) is 19.5 Å². The molecule has 0 unspecified atom stereocenters. The molecule has 37 heavy (non-hydrogen) atoms. The van der Waals surface area contributed by atoms with Gasteiger partial charge in [0, 0.05) is 45.0 Å². The van der Waals surface area contributed by atoms with Crippen LogP contribution in [-0.2, 0) is 11.3 Å². The highest BCUT2D eigenvalue weighted by atomic mass is 16.3. The summed E-state index contributed by atoms with van der Waals surface area (Å²) in [7, 11) is 1.73. The fraction of sp³-hybridized carbons (Fsp3) is 0.357. The number of nitrogens with zero attached hydrogens (tertiary/aromatic N) is 5. The average molecular weight is 502 g/mol.